The van der Waals surface area contributed by atoms with Gasteiger partial charge in [-0.3, -0.25) is 0 Å². The van der Waals surface area contributed by atoms with Crippen LogP contribution in [0, 0.1) is 6.92 Å². The van der Waals surface area contributed by atoms with Crippen LogP contribution in [0.25, 0.3) is 5.76 Å². The van der Waals surface area contributed by atoms with E-state index in [1.807, 2.05) is 19.1 Å². The van der Waals surface area contributed by atoms with Crippen LogP contribution in [0.5, 0.6) is 0 Å². The van der Waals surface area contributed by atoms with Crippen molar-refractivity contribution in [3.8, 4) is 0 Å². The second-order valence-corrected chi connectivity index (χ2v) is 2.59. The van der Waals surface area contributed by atoms with E-state index in [1.165, 1.54) is 0 Å². The Kier molecular flexibility index (Phi) is 2.24. The summed E-state index contributed by atoms with van der Waals surface area (Å²) in [5.74, 6) is 0.0104. The molecule has 3 nitrogen and oxygen atoms in total. The molecule has 0 aliphatic heterocycles. The van der Waals surface area contributed by atoms with E-state index < -0.39 is 0 Å². The van der Waals surface area contributed by atoms with Crippen LogP contribution in [-0.4, -0.2) is 5.11 Å². The Morgan fingerprint density at radius 1 is 1.50 bits per heavy atom. The summed E-state index contributed by atoms with van der Waals surface area (Å²) in [4.78, 5) is 0. The highest BCUT2D eigenvalue weighted by molar-refractivity contribution is 5.72. The Morgan fingerprint density at radius 2 is 2.17 bits per heavy atom. The highest BCUT2D eigenvalue weighted by Gasteiger charge is 2.04. The first kappa shape index (κ1) is 8.46. The molecule has 3 heteroatoms. The van der Waals surface area contributed by atoms with E-state index in [0.29, 0.717) is 11.3 Å². The largest absolute Gasteiger partial charge is 0.506 e. The lowest BCUT2D eigenvalue weighted by Crippen LogP contribution is -1.97. The number of benzene rings is 1. The highest BCUT2D eigenvalue weighted by Crippen LogP contribution is 2.21. The van der Waals surface area contributed by atoms with Gasteiger partial charge < -0.3 is 16.6 Å². The number of anilines is 1. The lowest BCUT2D eigenvalue weighted by molar-refractivity contribution is 0.511. The lowest BCUT2D eigenvalue weighted by Gasteiger charge is -2.06. The summed E-state index contributed by atoms with van der Waals surface area (Å²) < 4.78 is 0. The van der Waals surface area contributed by atoms with Crippen molar-refractivity contribution >= 4 is 11.4 Å². The van der Waals surface area contributed by atoms with E-state index in [9.17, 15) is 5.11 Å². The predicted molar refractivity (Wildman–Crippen MR) is 50.4 cm³/mol. The fourth-order valence-electron chi connectivity index (χ4n) is 0.994. The SMILES string of the molecule is Cc1cccc(/C(O)=C\N)c1N. The number of hydrogen-bond acceptors (Lipinski definition) is 3. The summed E-state index contributed by atoms with van der Waals surface area (Å²) in [6, 6.07) is 5.42. The van der Waals surface area contributed by atoms with Gasteiger partial charge in [-0.15, -0.1) is 0 Å². The Bertz CT molecular complexity index is 318. The highest BCUT2D eigenvalue weighted by atomic mass is 16.3. The summed E-state index contributed by atoms with van der Waals surface area (Å²) in [7, 11) is 0. The van der Waals surface area contributed by atoms with E-state index in [4.69, 9.17) is 11.5 Å². The van der Waals surface area contributed by atoms with Crippen LogP contribution in [0.1, 0.15) is 11.1 Å². The first-order valence-corrected chi connectivity index (χ1v) is 3.63. The van der Waals surface area contributed by atoms with E-state index in [0.717, 1.165) is 11.8 Å². The fourth-order valence-corrected chi connectivity index (χ4v) is 0.994. The van der Waals surface area contributed by atoms with E-state index in [2.05, 4.69) is 0 Å². The molecule has 1 aromatic rings. The molecule has 0 amide bonds. The number of aryl methyl sites for hydroxylation is 1. The maximum absolute atomic E-state index is 9.29. The zero-order chi connectivity index (χ0) is 9.14. The van der Waals surface area contributed by atoms with Crippen molar-refractivity contribution in [1.82, 2.24) is 0 Å². The Morgan fingerprint density at radius 3 is 2.75 bits per heavy atom. The molecule has 0 heterocycles. The normalized spacial score (nSPS) is 11.6. The molecular weight excluding hydrogens is 152 g/mol. The molecule has 0 aliphatic rings. The molecular formula is C9H12N2O. The Labute approximate surface area is 71.3 Å². The molecule has 0 atom stereocenters. The zero-order valence-electron chi connectivity index (χ0n) is 6.91. The van der Waals surface area contributed by atoms with Crippen molar-refractivity contribution in [2.24, 2.45) is 5.73 Å². The molecule has 64 valence electrons. The topological polar surface area (TPSA) is 72.3 Å². The number of aliphatic hydroxyl groups is 1. The quantitative estimate of drug-likeness (QED) is 0.434. The third kappa shape index (κ3) is 1.34. The van der Waals surface area contributed by atoms with Crippen LogP contribution < -0.4 is 11.5 Å². The zero-order valence-corrected chi connectivity index (χ0v) is 6.91. The average Bonchev–Trinajstić information content (AvgIpc) is 2.08. The summed E-state index contributed by atoms with van der Waals surface area (Å²) in [5, 5.41) is 9.29. The predicted octanol–water partition coefficient (Wildman–Crippen LogP) is 1.39. The van der Waals surface area contributed by atoms with Gasteiger partial charge in [0, 0.05) is 17.5 Å². The van der Waals surface area contributed by atoms with Gasteiger partial charge in [0.2, 0.25) is 0 Å². The molecule has 5 N–H and O–H groups in total. The van der Waals surface area contributed by atoms with Gasteiger partial charge in [0.05, 0.1) is 0 Å². The van der Waals surface area contributed by atoms with Crippen LogP contribution in [0.2, 0.25) is 0 Å². The van der Waals surface area contributed by atoms with Crippen LogP contribution in [-0.2, 0) is 0 Å². The number of nitrogens with two attached hydrogens (primary N) is 2. The smallest absolute Gasteiger partial charge is 0.140 e. The summed E-state index contributed by atoms with van der Waals surface area (Å²) >= 11 is 0. The molecule has 0 aromatic heterocycles. The van der Waals surface area contributed by atoms with Gasteiger partial charge in [0.15, 0.2) is 0 Å². The molecule has 0 fully saturated rings. The van der Waals surface area contributed by atoms with Crippen molar-refractivity contribution in [3.63, 3.8) is 0 Å². The summed E-state index contributed by atoms with van der Waals surface area (Å²) in [6.45, 7) is 1.88. The van der Waals surface area contributed by atoms with Gasteiger partial charge in [0.25, 0.3) is 0 Å². The minimum absolute atomic E-state index is 0.0104. The van der Waals surface area contributed by atoms with Crippen LogP contribution in [0.4, 0.5) is 5.69 Å². The van der Waals surface area contributed by atoms with Crippen molar-refractivity contribution in [2.75, 3.05) is 5.73 Å². The summed E-state index contributed by atoms with van der Waals surface area (Å²) in [5.41, 5.74) is 12.9. The number of rotatable bonds is 1. The lowest BCUT2D eigenvalue weighted by atomic mass is 10.1. The van der Waals surface area contributed by atoms with Crippen molar-refractivity contribution in [3.05, 3.63) is 35.5 Å². The molecule has 1 rings (SSSR count). The van der Waals surface area contributed by atoms with Gasteiger partial charge in [-0.05, 0) is 18.6 Å². The van der Waals surface area contributed by atoms with E-state index in [1.54, 1.807) is 6.07 Å². The van der Waals surface area contributed by atoms with Crippen molar-refractivity contribution in [2.45, 2.75) is 6.92 Å². The minimum atomic E-state index is 0.0104. The standard InChI is InChI=1S/C9H12N2O/c1-6-3-2-4-7(9(6)11)8(12)5-10/h2-5,12H,10-11H2,1H3/b8-5+. The average molecular weight is 164 g/mol. The maximum atomic E-state index is 9.29. The first-order valence-electron chi connectivity index (χ1n) is 3.63. The fraction of sp³-hybridized carbons (Fsp3) is 0.111. The van der Waals surface area contributed by atoms with Gasteiger partial charge in [-0.25, -0.2) is 0 Å². The van der Waals surface area contributed by atoms with Crippen molar-refractivity contribution in [1.29, 1.82) is 0 Å². The second-order valence-electron chi connectivity index (χ2n) is 2.59. The molecule has 0 bridgehead atoms. The van der Waals surface area contributed by atoms with Gasteiger partial charge in [-0.2, -0.15) is 0 Å². The van der Waals surface area contributed by atoms with Gasteiger partial charge in [-0.1, -0.05) is 12.1 Å². The molecule has 0 radical (unpaired) electrons. The monoisotopic (exact) mass is 164 g/mol. The van der Waals surface area contributed by atoms with E-state index in [-0.39, 0.29) is 5.76 Å². The molecule has 0 saturated heterocycles. The number of nitrogen functional groups attached to an aromatic ring is 1. The maximum Gasteiger partial charge on any atom is 0.140 e. The van der Waals surface area contributed by atoms with Crippen LogP contribution in [0.15, 0.2) is 24.4 Å². The Balaban J connectivity index is 3.26. The molecule has 12 heavy (non-hydrogen) atoms. The van der Waals surface area contributed by atoms with Crippen LogP contribution in [0.3, 0.4) is 0 Å². The van der Waals surface area contributed by atoms with Crippen molar-refractivity contribution < 1.29 is 5.11 Å². The molecule has 0 unspecified atom stereocenters. The molecule has 1 aromatic carbocycles. The molecule has 0 saturated carbocycles. The van der Waals surface area contributed by atoms with Gasteiger partial charge in [0.1, 0.15) is 5.76 Å². The van der Waals surface area contributed by atoms with Crippen LogP contribution >= 0.6 is 0 Å². The number of hydrogen-bond donors (Lipinski definition) is 3. The van der Waals surface area contributed by atoms with Gasteiger partial charge >= 0.3 is 0 Å². The molecule has 0 aliphatic carbocycles. The van der Waals surface area contributed by atoms with E-state index >= 15 is 0 Å². The summed E-state index contributed by atoms with van der Waals surface area (Å²) in [6.07, 6.45) is 1.13. The molecule has 0 spiro atoms. The third-order valence-corrected chi connectivity index (χ3v) is 1.76. The first-order chi connectivity index (χ1) is 5.66. The third-order valence-electron chi connectivity index (χ3n) is 1.76. The second kappa shape index (κ2) is 3.17. The minimum Gasteiger partial charge on any atom is -0.506 e. The number of para-hydroxylation sites is 1. The Hall–Kier alpha value is -1.64. The number of aliphatic hydroxyl groups excluding tert-OH is 1.